The van der Waals surface area contributed by atoms with Gasteiger partial charge in [0, 0.05) is 18.6 Å². The van der Waals surface area contributed by atoms with Crippen molar-refractivity contribution in [3.05, 3.63) is 58.6 Å². The minimum Gasteiger partial charge on any atom is -0.461 e. The first-order valence-electron chi connectivity index (χ1n) is 17.0. The fourth-order valence-corrected chi connectivity index (χ4v) is 8.68. The van der Waals surface area contributed by atoms with E-state index in [1.54, 1.807) is 26.8 Å². The number of hydrogen-bond donors (Lipinski definition) is 0. The Morgan fingerprint density at radius 1 is 1.13 bits per heavy atom. The number of ether oxygens (including phenoxy) is 3. The molecule has 2 saturated carbocycles. The van der Waals surface area contributed by atoms with Crippen LogP contribution >= 0.6 is 15.9 Å². The van der Waals surface area contributed by atoms with Crippen molar-refractivity contribution < 1.29 is 37.0 Å². The number of fused-ring (bicyclic) bond motifs is 1. The molecular weight excluding hydrogens is 673 g/mol. The van der Waals surface area contributed by atoms with Gasteiger partial charge >= 0.3 is 18.1 Å². The van der Waals surface area contributed by atoms with Crippen LogP contribution in [0.5, 0.6) is 0 Å². The second-order valence-electron chi connectivity index (χ2n) is 14.9. The van der Waals surface area contributed by atoms with Crippen LogP contribution < -0.4 is 0 Å². The van der Waals surface area contributed by atoms with Gasteiger partial charge in [0.25, 0.3) is 5.60 Å². The number of allylic oxidation sites excluding steroid dienone is 1. The summed E-state index contributed by atoms with van der Waals surface area (Å²) in [6.45, 7) is 15.9. The summed E-state index contributed by atoms with van der Waals surface area (Å²) in [6, 6.07) is 6.92. The third-order valence-corrected chi connectivity index (χ3v) is 11.3. The van der Waals surface area contributed by atoms with Gasteiger partial charge in [-0.3, -0.25) is 4.79 Å². The number of hydrogen-bond acceptors (Lipinski definition) is 5. The molecular formula is C38H54BrF3O5. The molecule has 9 heteroatoms. The van der Waals surface area contributed by atoms with Crippen molar-refractivity contribution in [2.45, 2.75) is 117 Å². The summed E-state index contributed by atoms with van der Waals surface area (Å²) in [4.78, 5) is 28.8. The van der Waals surface area contributed by atoms with Crippen molar-refractivity contribution in [2.24, 2.45) is 34.5 Å². The summed E-state index contributed by atoms with van der Waals surface area (Å²) in [5.41, 5.74) is -2.42. The van der Waals surface area contributed by atoms with Crippen LogP contribution in [0, 0.1) is 34.5 Å². The van der Waals surface area contributed by atoms with E-state index >= 15 is 0 Å². The lowest BCUT2D eigenvalue weighted by Crippen LogP contribution is -2.53. The van der Waals surface area contributed by atoms with Crippen LogP contribution in [-0.2, 0) is 29.4 Å². The minimum absolute atomic E-state index is 0.0334. The molecule has 0 bridgehead atoms. The molecule has 0 aliphatic heterocycles. The second-order valence-corrected chi connectivity index (χ2v) is 15.4. The van der Waals surface area contributed by atoms with E-state index in [2.05, 4.69) is 41.3 Å². The van der Waals surface area contributed by atoms with Crippen LogP contribution in [0.25, 0.3) is 0 Å². The van der Waals surface area contributed by atoms with Gasteiger partial charge in [0.1, 0.15) is 12.7 Å². The number of methoxy groups -OCH3 is 1. The van der Waals surface area contributed by atoms with Crippen molar-refractivity contribution in [3.8, 4) is 0 Å². The molecule has 0 amide bonds. The van der Waals surface area contributed by atoms with E-state index in [4.69, 9.17) is 14.2 Å². The van der Waals surface area contributed by atoms with E-state index in [0.717, 1.165) is 52.1 Å². The van der Waals surface area contributed by atoms with Crippen molar-refractivity contribution in [1.29, 1.82) is 0 Å². The zero-order valence-electron chi connectivity index (χ0n) is 29.2. The molecule has 2 fully saturated rings. The maximum atomic E-state index is 15.0. The fraction of sp³-hybridized carbons (Fsp3) is 0.684. The SMILES string of the molecule is C=C(COC(=O)C(C)(C)C)[C@H](CCCC)[C@H](C[C@@H](C)[C@H]1CC[C@H]2/C(=C/Br)CCC[C@]12C)OC(=O)[C@](OC)(c1ccccc1)C(F)(F)F. The average Bonchev–Trinajstić information content (AvgIpc) is 3.37. The van der Waals surface area contributed by atoms with Crippen LogP contribution in [0.15, 0.2) is 53.0 Å². The Labute approximate surface area is 288 Å². The van der Waals surface area contributed by atoms with Crippen LogP contribution in [0.2, 0.25) is 0 Å². The summed E-state index contributed by atoms with van der Waals surface area (Å²) < 4.78 is 61.7. The molecule has 0 N–H and O–H groups in total. The zero-order valence-corrected chi connectivity index (χ0v) is 30.8. The van der Waals surface area contributed by atoms with E-state index < -0.39 is 41.2 Å². The van der Waals surface area contributed by atoms with Gasteiger partial charge in [0.05, 0.1) is 5.41 Å². The topological polar surface area (TPSA) is 61.8 Å². The smallest absolute Gasteiger partial charge is 0.432 e. The first-order chi connectivity index (χ1) is 22.0. The minimum atomic E-state index is -5.10. The van der Waals surface area contributed by atoms with E-state index in [0.29, 0.717) is 30.3 Å². The van der Waals surface area contributed by atoms with Crippen LogP contribution in [0.4, 0.5) is 13.2 Å². The number of carbonyl (C=O) groups is 2. The quantitative estimate of drug-likeness (QED) is 0.141. The molecule has 0 aromatic heterocycles. The normalized spacial score (nSPS) is 25.7. The third-order valence-electron chi connectivity index (χ3n) is 10.7. The van der Waals surface area contributed by atoms with Gasteiger partial charge in [-0.15, -0.1) is 0 Å². The molecule has 0 saturated heterocycles. The molecule has 1 aromatic rings. The van der Waals surface area contributed by atoms with Gasteiger partial charge < -0.3 is 14.2 Å². The lowest BCUT2D eigenvalue weighted by atomic mass is 9.61. The Morgan fingerprint density at radius 2 is 1.79 bits per heavy atom. The van der Waals surface area contributed by atoms with E-state index in [1.807, 2.05) is 6.92 Å². The molecule has 0 unspecified atom stereocenters. The Kier molecular flexibility index (Phi) is 13.4. The van der Waals surface area contributed by atoms with Gasteiger partial charge in [0.2, 0.25) is 0 Å². The fourth-order valence-electron chi connectivity index (χ4n) is 8.14. The van der Waals surface area contributed by atoms with Gasteiger partial charge in [0.15, 0.2) is 0 Å². The number of unbranched alkanes of at least 4 members (excludes halogenated alkanes) is 1. The highest BCUT2D eigenvalue weighted by molar-refractivity contribution is 9.11. The molecule has 0 spiro atoms. The first kappa shape index (κ1) is 39.3. The number of halogens is 4. The largest absolute Gasteiger partial charge is 0.461 e. The van der Waals surface area contributed by atoms with Crippen molar-refractivity contribution in [3.63, 3.8) is 0 Å². The highest BCUT2D eigenvalue weighted by atomic mass is 79.9. The predicted molar refractivity (Wildman–Crippen MR) is 183 cm³/mol. The van der Waals surface area contributed by atoms with Crippen molar-refractivity contribution in [2.75, 3.05) is 13.7 Å². The highest BCUT2D eigenvalue weighted by Gasteiger charge is 2.64. The maximum absolute atomic E-state index is 15.0. The van der Waals surface area contributed by atoms with Gasteiger partial charge in [-0.2, -0.15) is 13.2 Å². The van der Waals surface area contributed by atoms with E-state index in [9.17, 15) is 22.8 Å². The maximum Gasteiger partial charge on any atom is 0.432 e. The molecule has 3 rings (SSSR count). The molecule has 1 aromatic carbocycles. The summed E-state index contributed by atoms with van der Waals surface area (Å²) >= 11 is 3.58. The summed E-state index contributed by atoms with van der Waals surface area (Å²) in [5.74, 6) is -1.68. The lowest BCUT2D eigenvalue weighted by molar-refractivity contribution is -0.279. The van der Waals surface area contributed by atoms with E-state index in [-0.39, 0.29) is 23.5 Å². The van der Waals surface area contributed by atoms with Crippen molar-refractivity contribution in [1.82, 2.24) is 0 Å². The van der Waals surface area contributed by atoms with E-state index in [1.165, 1.54) is 29.8 Å². The van der Waals surface area contributed by atoms with Gasteiger partial charge in [-0.05, 0) is 99.4 Å². The summed E-state index contributed by atoms with van der Waals surface area (Å²) in [5, 5.41) is 0. The second kappa shape index (κ2) is 16.1. The predicted octanol–water partition coefficient (Wildman–Crippen LogP) is 10.5. The third kappa shape index (κ3) is 8.55. The van der Waals surface area contributed by atoms with Crippen LogP contribution in [0.3, 0.4) is 0 Å². The molecule has 0 heterocycles. The van der Waals surface area contributed by atoms with Crippen LogP contribution in [0.1, 0.15) is 105 Å². The number of alkyl halides is 3. The Hall–Kier alpha value is -2.13. The number of rotatable bonds is 14. The molecule has 264 valence electrons. The number of esters is 2. The van der Waals surface area contributed by atoms with Gasteiger partial charge in [-0.25, -0.2) is 4.79 Å². The van der Waals surface area contributed by atoms with Gasteiger partial charge in [-0.1, -0.05) is 92.0 Å². The molecule has 0 radical (unpaired) electrons. The lowest BCUT2D eigenvalue weighted by Gasteiger charge is -2.45. The standard InChI is InChI=1S/C38H54BrF3O5/c1-9-10-18-29(26(3)24-46-33(43)35(4,5)6)32(22-25(2)30-19-20-31-27(23-39)15-14-21-36(30,31)7)47-34(44)37(45-8,38(40,41)42)28-16-12-11-13-17-28/h11-13,16-17,23,25,29-32H,3,9-10,14-15,18-22,24H2,1-2,4-8H3/b27-23+/t25-,29+,30-,31+,32+,36-,37-/m1/s1. The summed E-state index contributed by atoms with van der Waals surface area (Å²) in [6.07, 6.45) is 1.65. The Morgan fingerprint density at radius 3 is 2.34 bits per heavy atom. The first-order valence-corrected chi connectivity index (χ1v) is 17.9. The molecule has 7 atom stereocenters. The number of benzene rings is 1. The Balaban J connectivity index is 2.04. The van der Waals surface area contributed by atoms with Crippen LogP contribution in [-0.4, -0.2) is 37.9 Å². The molecule has 5 nitrogen and oxygen atoms in total. The molecule has 47 heavy (non-hydrogen) atoms. The summed E-state index contributed by atoms with van der Waals surface area (Å²) in [7, 11) is 0.885. The van der Waals surface area contributed by atoms with Crippen molar-refractivity contribution >= 4 is 27.9 Å². The average molecular weight is 728 g/mol. The zero-order chi connectivity index (χ0) is 35.2. The number of carbonyl (C=O) groups excluding carboxylic acids is 2. The monoisotopic (exact) mass is 726 g/mol. The highest BCUT2D eigenvalue weighted by Crippen LogP contribution is 2.60. The Bertz CT molecular complexity index is 1260. The molecule has 2 aliphatic rings. The molecule has 2 aliphatic carbocycles.